The quantitative estimate of drug-likeness (QED) is 0.907. The molecule has 0 atom stereocenters. The van der Waals surface area contributed by atoms with Gasteiger partial charge >= 0.3 is 6.03 Å². The minimum atomic E-state index is -0.0200. The summed E-state index contributed by atoms with van der Waals surface area (Å²) in [5, 5.41) is 2.94. The summed E-state index contributed by atoms with van der Waals surface area (Å²) in [5.41, 5.74) is 1.79. The van der Waals surface area contributed by atoms with Crippen molar-refractivity contribution in [2.24, 2.45) is 0 Å². The second-order valence-corrected chi connectivity index (χ2v) is 5.20. The van der Waals surface area contributed by atoms with E-state index in [1.165, 1.54) is 0 Å². The van der Waals surface area contributed by atoms with Gasteiger partial charge in [-0.1, -0.05) is 13.0 Å². The highest BCUT2D eigenvalue weighted by atomic mass is 16.5. The number of piperazine rings is 1. The standard InChI is InChI=1S/C15H24N4O2/c1-4-18-7-9-19(10-8-18)15(20)16-11-13-6-5-12(2)17-14(13)21-3/h5-6H,4,7-11H2,1-3H3,(H,16,20). The predicted octanol–water partition coefficient (Wildman–Crippen LogP) is 1.25. The van der Waals surface area contributed by atoms with E-state index in [-0.39, 0.29) is 6.03 Å². The van der Waals surface area contributed by atoms with E-state index >= 15 is 0 Å². The number of methoxy groups -OCH3 is 1. The van der Waals surface area contributed by atoms with Crippen LogP contribution in [0.4, 0.5) is 4.79 Å². The van der Waals surface area contributed by atoms with Crippen molar-refractivity contribution in [1.29, 1.82) is 0 Å². The highest BCUT2D eigenvalue weighted by molar-refractivity contribution is 5.74. The molecule has 6 heteroatoms. The first-order valence-corrected chi connectivity index (χ1v) is 7.39. The molecule has 0 spiro atoms. The van der Waals surface area contributed by atoms with Crippen LogP contribution in [-0.2, 0) is 6.54 Å². The highest BCUT2D eigenvalue weighted by Crippen LogP contribution is 2.15. The maximum atomic E-state index is 12.2. The topological polar surface area (TPSA) is 57.7 Å². The molecule has 1 saturated heterocycles. The molecule has 1 aromatic rings. The first kappa shape index (κ1) is 15.6. The normalized spacial score (nSPS) is 15.9. The molecular weight excluding hydrogens is 268 g/mol. The van der Waals surface area contributed by atoms with Crippen LogP contribution in [0.1, 0.15) is 18.2 Å². The van der Waals surface area contributed by atoms with Gasteiger partial charge < -0.3 is 19.9 Å². The molecule has 1 fully saturated rings. The van der Waals surface area contributed by atoms with Crippen LogP contribution >= 0.6 is 0 Å². The summed E-state index contributed by atoms with van der Waals surface area (Å²) in [6.45, 7) is 8.99. The number of rotatable bonds is 4. The molecule has 0 aliphatic carbocycles. The Hall–Kier alpha value is -1.82. The van der Waals surface area contributed by atoms with E-state index in [0.29, 0.717) is 12.4 Å². The van der Waals surface area contributed by atoms with Crippen LogP contribution in [0.25, 0.3) is 0 Å². The van der Waals surface area contributed by atoms with Crippen molar-refractivity contribution in [1.82, 2.24) is 20.1 Å². The number of hydrogen-bond acceptors (Lipinski definition) is 4. The number of aromatic nitrogens is 1. The maximum Gasteiger partial charge on any atom is 0.317 e. The Bertz CT molecular complexity index is 485. The minimum absolute atomic E-state index is 0.0200. The molecule has 6 nitrogen and oxygen atoms in total. The Balaban J connectivity index is 1.87. The third kappa shape index (κ3) is 4.07. The van der Waals surface area contributed by atoms with E-state index < -0.39 is 0 Å². The van der Waals surface area contributed by atoms with E-state index in [1.54, 1.807) is 7.11 Å². The van der Waals surface area contributed by atoms with Crippen LogP contribution in [0, 0.1) is 6.92 Å². The van der Waals surface area contributed by atoms with Gasteiger partial charge in [0.05, 0.1) is 7.11 Å². The number of nitrogens with zero attached hydrogens (tertiary/aromatic N) is 3. The summed E-state index contributed by atoms with van der Waals surface area (Å²) in [6, 6.07) is 3.84. The lowest BCUT2D eigenvalue weighted by molar-refractivity contribution is 0.142. The fraction of sp³-hybridized carbons (Fsp3) is 0.600. The summed E-state index contributed by atoms with van der Waals surface area (Å²) in [4.78, 5) is 20.7. The third-order valence-corrected chi connectivity index (χ3v) is 3.81. The van der Waals surface area contributed by atoms with Gasteiger partial charge in [-0.3, -0.25) is 0 Å². The van der Waals surface area contributed by atoms with E-state index in [2.05, 4.69) is 22.1 Å². The number of likely N-dealkylation sites (N-methyl/N-ethyl adjacent to an activating group) is 1. The number of aryl methyl sites for hydroxylation is 1. The van der Waals surface area contributed by atoms with E-state index in [9.17, 15) is 4.79 Å². The highest BCUT2D eigenvalue weighted by Gasteiger charge is 2.20. The molecule has 1 aliphatic rings. The van der Waals surface area contributed by atoms with Gasteiger partial charge in [0.25, 0.3) is 0 Å². The van der Waals surface area contributed by atoms with E-state index in [1.807, 2.05) is 24.0 Å². The zero-order chi connectivity index (χ0) is 15.2. The average molecular weight is 292 g/mol. The second-order valence-electron chi connectivity index (χ2n) is 5.20. The van der Waals surface area contributed by atoms with Crippen LogP contribution in [0.3, 0.4) is 0 Å². The Morgan fingerprint density at radius 2 is 2.05 bits per heavy atom. The van der Waals surface area contributed by atoms with E-state index in [4.69, 9.17) is 4.74 Å². The number of carbonyl (C=O) groups is 1. The van der Waals surface area contributed by atoms with Crippen molar-refractivity contribution >= 4 is 6.03 Å². The van der Waals surface area contributed by atoms with Gasteiger partial charge in [-0.25, -0.2) is 9.78 Å². The molecule has 116 valence electrons. The number of ether oxygens (including phenoxy) is 1. The number of amides is 2. The molecule has 21 heavy (non-hydrogen) atoms. The van der Waals surface area contributed by atoms with Crippen molar-refractivity contribution in [2.75, 3.05) is 39.8 Å². The van der Waals surface area contributed by atoms with Crippen molar-refractivity contribution in [3.63, 3.8) is 0 Å². The van der Waals surface area contributed by atoms with Gasteiger partial charge in [-0.05, 0) is 19.5 Å². The van der Waals surface area contributed by atoms with Crippen molar-refractivity contribution in [3.05, 3.63) is 23.4 Å². The molecule has 2 amide bonds. The summed E-state index contributed by atoms with van der Waals surface area (Å²) in [7, 11) is 1.59. The maximum absolute atomic E-state index is 12.2. The Labute approximate surface area is 126 Å². The fourth-order valence-electron chi connectivity index (χ4n) is 2.42. The number of urea groups is 1. The molecule has 2 rings (SSSR count). The zero-order valence-corrected chi connectivity index (χ0v) is 13.1. The molecular formula is C15H24N4O2. The molecule has 1 aromatic heterocycles. The SMILES string of the molecule is CCN1CCN(C(=O)NCc2ccc(C)nc2OC)CC1. The minimum Gasteiger partial charge on any atom is -0.481 e. The summed E-state index contributed by atoms with van der Waals surface area (Å²) in [6.07, 6.45) is 0. The molecule has 0 bridgehead atoms. The number of hydrogen-bond donors (Lipinski definition) is 1. The van der Waals surface area contributed by atoms with Crippen LogP contribution in [0.5, 0.6) is 5.88 Å². The van der Waals surface area contributed by atoms with Gasteiger partial charge in [0.15, 0.2) is 0 Å². The zero-order valence-electron chi connectivity index (χ0n) is 13.1. The Morgan fingerprint density at radius 1 is 1.33 bits per heavy atom. The van der Waals surface area contributed by atoms with Crippen LogP contribution in [0.15, 0.2) is 12.1 Å². The first-order valence-electron chi connectivity index (χ1n) is 7.39. The fourth-order valence-corrected chi connectivity index (χ4v) is 2.42. The summed E-state index contributed by atoms with van der Waals surface area (Å²) >= 11 is 0. The van der Waals surface area contributed by atoms with Crippen LogP contribution in [-0.4, -0.2) is 60.6 Å². The lowest BCUT2D eigenvalue weighted by Gasteiger charge is -2.34. The molecule has 0 saturated carbocycles. The van der Waals surface area contributed by atoms with Gasteiger partial charge in [0.2, 0.25) is 5.88 Å². The number of carbonyl (C=O) groups excluding carboxylic acids is 1. The molecule has 1 aliphatic heterocycles. The molecule has 2 heterocycles. The predicted molar refractivity (Wildman–Crippen MR) is 81.4 cm³/mol. The van der Waals surface area contributed by atoms with E-state index in [0.717, 1.165) is 44.0 Å². The Morgan fingerprint density at radius 3 is 2.67 bits per heavy atom. The number of nitrogens with one attached hydrogen (secondary N) is 1. The van der Waals surface area contributed by atoms with Gasteiger partial charge in [-0.15, -0.1) is 0 Å². The van der Waals surface area contributed by atoms with Gasteiger partial charge in [0, 0.05) is 44.0 Å². The molecule has 1 N–H and O–H groups in total. The monoisotopic (exact) mass is 292 g/mol. The summed E-state index contributed by atoms with van der Waals surface area (Å²) < 4.78 is 5.25. The lowest BCUT2D eigenvalue weighted by Crippen LogP contribution is -2.51. The number of pyridine rings is 1. The smallest absolute Gasteiger partial charge is 0.317 e. The van der Waals surface area contributed by atoms with Crippen molar-refractivity contribution < 1.29 is 9.53 Å². The molecule has 0 radical (unpaired) electrons. The molecule has 0 unspecified atom stereocenters. The average Bonchev–Trinajstić information content (AvgIpc) is 2.53. The van der Waals surface area contributed by atoms with Crippen molar-refractivity contribution in [2.45, 2.75) is 20.4 Å². The van der Waals surface area contributed by atoms with Gasteiger partial charge in [0.1, 0.15) is 0 Å². The molecule has 0 aromatic carbocycles. The second kappa shape index (κ2) is 7.26. The van der Waals surface area contributed by atoms with Crippen LogP contribution < -0.4 is 10.1 Å². The largest absolute Gasteiger partial charge is 0.481 e. The third-order valence-electron chi connectivity index (χ3n) is 3.81. The first-order chi connectivity index (χ1) is 10.1. The summed E-state index contributed by atoms with van der Waals surface area (Å²) in [5.74, 6) is 0.575. The van der Waals surface area contributed by atoms with Gasteiger partial charge in [-0.2, -0.15) is 0 Å². The van der Waals surface area contributed by atoms with Crippen LogP contribution in [0.2, 0.25) is 0 Å². The lowest BCUT2D eigenvalue weighted by atomic mass is 10.2. The Kier molecular flexibility index (Phi) is 5.38. The van der Waals surface area contributed by atoms with Crippen molar-refractivity contribution in [3.8, 4) is 5.88 Å².